The molecule has 1 N–H and O–H groups in total. The smallest absolute Gasteiger partial charge is 0.311 e. The molecule has 0 aromatic heterocycles. The maximum absolute atomic E-state index is 13.4. The molecule has 0 spiro atoms. The maximum atomic E-state index is 13.4. The zero-order chi connectivity index (χ0) is 14.7. The molecule has 1 atom stereocenters. The zero-order valence-electron chi connectivity index (χ0n) is 10.9. The minimum Gasteiger partial charge on any atom is -0.481 e. The maximum Gasteiger partial charge on any atom is 0.311 e. The molecule has 104 valence electrons. The molecule has 2 aromatic rings. The Kier molecular flexibility index (Phi) is 4.55. The lowest BCUT2D eigenvalue weighted by molar-refractivity contribution is -0.138. The highest BCUT2D eigenvalue weighted by Crippen LogP contribution is 2.24. The van der Waals surface area contributed by atoms with Crippen molar-refractivity contribution in [2.45, 2.75) is 19.3 Å². The van der Waals surface area contributed by atoms with Crippen molar-refractivity contribution in [3.63, 3.8) is 0 Å². The second-order valence-electron chi connectivity index (χ2n) is 4.78. The van der Waals surface area contributed by atoms with Crippen LogP contribution in [-0.2, 0) is 11.2 Å². The molecule has 0 aliphatic rings. The third kappa shape index (κ3) is 3.67. The van der Waals surface area contributed by atoms with Crippen LogP contribution < -0.4 is 0 Å². The first-order valence-electron chi connectivity index (χ1n) is 6.20. The first-order chi connectivity index (χ1) is 9.45. The fourth-order valence-electron chi connectivity index (χ4n) is 2.11. The molecular weight excluding hydrogens is 323 g/mol. The van der Waals surface area contributed by atoms with Crippen LogP contribution in [0.2, 0.25) is 0 Å². The molecule has 0 radical (unpaired) electrons. The van der Waals surface area contributed by atoms with E-state index in [0.29, 0.717) is 10.0 Å². The van der Waals surface area contributed by atoms with Gasteiger partial charge in [-0.3, -0.25) is 4.79 Å². The summed E-state index contributed by atoms with van der Waals surface area (Å²) in [6, 6.07) is 11.8. The van der Waals surface area contributed by atoms with Crippen molar-refractivity contribution in [2.75, 3.05) is 0 Å². The molecule has 2 aromatic carbocycles. The Morgan fingerprint density at radius 3 is 2.45 bits per heavy atom. The van der Waals surface area contributed by atoms with E-state index in [2.05, 4.69) is 15.9 Å². The number of hydrogen-bond acceptors (Lipinski definition) is 1. The van der Waals surface area contributed by atoms with Gasteiger partial charge in [0.2, 0.25) is 0 Å². The van der Waals surface area contributed by atoms with Gasteiger partial charge in [-0.25, -0.2) is 4.39 Å². The predicted octanol–water partition coefficient (Wildman–Crippen LogP) is 4.31. The van der Waals surface area contributed by atoms with Crippen LogP contribution in [0.4, 0.5) is 4.39 Å². The number of aryl methyl sites for hydroxylation is 1. The summed E-state index contributed by atoms with van der Waals surface area (Å²) in [5, 5.41) is 9.39. The topological polar surface area (TPSA) is 37.3 Å². The third-order valence-corrected chi connectivity index (χ3v) is 3.60. The highest BCUT2D eigenvalue weighted by atomic mass is 79.9. The molecule has 2 nitrogen and oxygen atoms in total. The van der Waals surface area contributed by atoms with Gasteiger partial charge in [0, 0.05) is 4.47 Å². The van der Waals surface area contributed by atoms with Crippen LogP contribution in [0, 0.1) is 12.7 Å². The van der Waals surface area contributed by atoms with Gasteiger partial charge in [0.1, 0.15) is 5.82 Å². The largest absolute Gasteiger partial charge is 0.481 e. The zero-order valence-corrected chi connectivity index (χ0v) is 12.5. The standard InChI is InChI=1S/C16H14BrFO2/c1-10-2-4-12(5-3-10)15(16(19)20)8-11-6-13(17)9-14(18)7-11/h2-7,9,15H,8H2,1H3,(H,19,20). The molecule has 0 amide bonds. The first-order valence-corrected chi connectivity index (χ1v) is 6.99. The summed E-state index contributed by atoms with van der Waals surface area (Å²) in [6.07, 6.45) is 0.259. The molecule has 0 aliphatic carbocycles. The minimum absolute atomic E-state index is 0.259. The number of carboxylic acid groups (broad SMARTS) is 1. The van der Waals surface area contributed by atoms with Gasteiger partial charge in [-0.15, -0.1) is 0 Å². The minimum atomic E-state index is -0.908. The summed E-state index contributed by atoms with van der Waals surface area (Å²) in [5.41, 5.74) is 2.46. The van der Waals surface area contributed by atoms with E-state index >= 15 is 0 Å². The van der Waals surface area contributed by atoms with Crippen LogP contribution >= 0.6 is 15.9 Å². The number of benzene rings is 2. The summed E-state index contributed by atoms with van der Waals surface area (Å²) in [7, 11) is 0. The number of carbonyl (C=O) groups is 1. The molecular formula is C16H14BrFO2. The molecule has 0 saturated heterocycles. The molecule has 1 unspecified atom stereocenters. The average Bonchev–Trinajstić information content (AvgIpc) is 2.36. The number of hydrogen-bond donors (Lipinski definition) is 1. The molecule has 0 aliphatic heterocycles. The van der Waals surface area contributed by atoms with E-state index in [1.165, 1.54) is 12.1 Å². The Labute approximate surface area is 125 Å². The molecule has 20 heavy (non-hydrogen) atoms. The molecule has 0 saturated carbocycles. The lowest BCUT2D eigenvalue weighted by Crippen LogP contribution is -2.14. The van der Waals surface area contributed by atoms with Crippen molar-refractivity contribution in [2.24, 2.45) is 0 Å². The SMILES string of the molecule is Cc1ccc(C(Cc2cc(F)cc(Br)c2)C(=O)O)cc1. The number of halogens is 2. The number of aliphatic carboxylic acids is 1. The van der Waals surface area contributed by atoms with Crippen LogP contribution in [0.5, 0.6) is 0 Å². The number of rotatable bonds is 4. The van der Waals surface area contributed by atoms with Crippen LogP contribution in [0.1, 0.15) is 22.6 Å². The van der Waals surface area contributed by atoms with E-state index in [1.807, 2.05) is 31.2 Å². The van der Waals surface area contributed by atoms with Crippen LogP contribution in [0.3, 0.4) is 0 Å². The summed E-state index contributed by atoms with van der Waals surface area (Å²) in [5.74, 6) is -1.96. The fourth-order valence-corrected chi connectivity index (χ4v) is 2.62. The van der Waals surface area contributed by atoms with Gasteiger partial charge in [-0.1, -0.05) is 45.8 Å². The highest BCUT2D eigenvalue weighted by Gasteiger charge is 2.20. The van der Waals surface area contributed by atoms with Crippen LogP contribution in [0.25, 0.3) is 0 Å². The lowest BCUT2D eigenvalue weighted by Gasteiger charge is -2.13. The van der Waals surface area contributed by atoms with Gasteiger partial charge in [0.05, 0.1) is 5.92 Å². The predicted molar refractivity (Wildman–Crippen MR) is 79.4 cm³/mol. The Bertz CT molecular complexity index is 603. The monoisotopic (exact) mass is 336 g/mol. The quantitative estimate of drug-likeness (QED) is 0.903. The Balaban J connectivity index is 2.30. The Hall–Kier alpha value is -1.68. The summed E-state index contributed by atoms with van der Waals surface area (Å²) in [4.78, 5) is 11.5. The van der Waals surface area contributed by atoms with E-state index in [0.717, 1.165) is 11.1 Å². The second-order valence-corrected chi connectivity index (χ2v) is 5.70. The van der Waals surface area contributed by atoms with Crippen LogP contribution in [-0.4, -0.2) is 11.1 Å². The van der Waals surface area contributed by atoms with Crippen molar-refractivity contribution >= 4 is 21.9 Å². The lowest BCUT2D eigenvalue weighted by atomic mass is 9.91. The van der Waals surface area contributed by atoms with Crippen molar-refractivity contribution in [3.05, 3.63) is 69.4 Å². The second kappa shape index (κ2) is 6.18. The van der Waals surface area contributed by atoms with Gasteiger partial charge in [0.15, 0.2) is 0 Å². The van der Waals surface area contributed by atoms with E-state index in [4.69, 9.17) is 0 Å². The van der Waals surface area contributed by atoms with Gasteiger partial charge >= 0.3 is 5.97 Å². The normalized spacial score (nSPS) is 12.2. The van der Waals surface area contributed by atoms with E-state index < -0.39 is 11.9 Å². The molecule has 2 rings (SSSR count). The van der Waals surface area contributed by atoms with Crippen molar-refractivity contribution in [1.82, 2.24) is 0 Å². The summed E-state index contributed by atoms with van der Waals surface area (Å²) < 4.78 is 14.0. The van der Waals surface area contributed by atoms with Gasteiger partial charge in [0.25, 0.3) is 0 Å². The van der Waals surface area contributed by atoms with Crippen molar-refractivity contribution in [3.8, 4) is 0 Å². The van der Waals surface area contributed by atoms with E-state index in [-0.39, 0.29) is 12.2 Å². The van der Waals surface area contributed by atoms with Gasteiger partial charge < -0.3 is 5.11 Å². The third-order valence-electron chi connectivity index (χ3n) is 3.14. The molecule has 0 heterocycles. The molecule has 4 heteroatoms. The Morgan fingerprint density at radius 1 is 1.25 bits per heavy atom. The summed E-state index contributed by atoms with van der Waals surface area (Å²) in [6.45, 7) is 1.95. The van der Waals surface area contributed by atoms with Crippen molar-refractivity contribution < 1.29 is 14.3 Å². The first kappa shape index (κ1) is 14.7. The summed E-state index contributed by atoms with van der Waals surface area (Å²) >= 11 is 3.22. The van der Waals surface area contributed by atoms with Crippen LogP contribution in [0.15, 0.2) is 46.9 Å². The Morgan fingerprint density at radius 2 is 1.90 bits per heavy atom. The van der Waals surface area contributed by atoms with E-state index in [1.54, 1.807) is 6.07 Å². The van der Waals surface area contributed by atoms with Crippen molar-refractivity contribution in [1.29, 1.82) is 0 Å². The number of carboxylic acids is 1. The fraction of sp³-hybridized carbons (Fsp3) is 0.188. The molecule has 0 bridgehead atoms. The van der Waals surface area contributed by atoms with Gasteiger partial charge in [-0.2, -0.15) is 0 Å². The highest BCUT2D eigenvalue weighted by molar-refractivity contribution is 9.10. The molecule has 0 fully saturated rings. The van der Waals surface area contributed by atoms with Gasteiger partial charge in [-0.05, 0) is 42.7 Å². The van der Waals surface area contributed by atoms with E-state index in [9.17, 15) is 14.3 Å². The average molecular weight is 337 g/mol.